The minimum absolute atomic E-state index is 0.0221. The van der Waals surface area contributed by atoms with Crippen molar-refractivity contribution in [2.45, 2.75) is 19.8 Å². The Morgan fingerprint density at radius 2 is 2.00 bits per heavy atom. The Kier molecular flexibility index (Phi) is 4.68. The fourth-order valence-corrected chi connectivity index (χ4v) is 1.22. The molecule has 0 aromatic heterocycles. The van der Waals surface area contributed by atoms with Crippen LogP contribution in [0.2, 0.25) is 0 Å². The zero-order valence-corrected chi connectivity index (χ0v) is 9.25. The Labute approximate surface area is 90.4 Å². The molecule has 1 amide bonds. The van der Waals surface area contributed by atoms with Gasteiger partial charge in [-0.15, -0.1) is 0 Å². The highest BCUT2D eigenvalue weighted by atomic mass is 16.5. The van der Waals surface area contributed by atoms with Gasteiger partial charge in [-0.1, -0.05) is 13.3 Å². The van der Waals surface area contributed by atoms with Crippen LogP contribution in [0.3, 0.4) is 0 Å². The van der Waals surface area contributed by atoms with Gasteiger partial charge in [0.05, 0.1) is 7.11 Å². The van der Waals surface area contributed by atoms with Gasteiger partial charge in [0.2, 0.25) is 0 Å². The third-order valence-corrected chi connectivity index (χ3v) is 2.17. The lowest BCUT2D eigenvalue weighted by molar-refractivity contribution is 0.0953. The van der Waals surface area contributed by atoms with Gasteiger partial charge in [-0.3, -0.25) is 4.79 Å². The fraction of sp³-hybridized carbons (Fsp3) is 0.417. The predicted molar refractivity (Wildman–Crippen MR) is 60.2 cm³/mol. The molecule has 0 atom stereocenters. The molecular weight excluding hydrogens is 190 g/mol. The molecule has 0 unspecified atom stereocenters. The smallest absolute Gasteiger partial charge is 0.251 e. The van der Waals surface area contributed by atoms with Crippen LogP contribution in [-0.4, -0.2) is 19.6 Å². The molecular formula is C12H17NO2. The maximum Gasteiger partial charge on any atom is 0.251 e. The normalized spacial score (nSPS) is 9.73. The van der Waals surface area contributed by atoms with Crippen LogP contribution in [0.1, 0.15) is 30.1 Å². The average molecular weight is 207 g/mol. The maximum absolute atomic E-state index is 11.6. The molecule has 15 heavy (non-hydrogen) atoms. The van der Waals surface area contributed by atoms with Crippen molar-refractivity contribution >= 4 is 5.91 Å². The van der Waals surface area contributed by atoms with Gasteiger partial charge in [-0.25, -0.2) is 0 Å². The molecule has 0 radical (unpaired) electrons. The number of nitrogens with one attached hydrogen (secondary N) is 1. The summed E-state index contributed by atoms with van der Waals surface area (Å²) >= 11 is 0. The minimum Gasteiger partial charge on any atom is -0.497 e. The van der Waals surface area contributed by atoms with Crippen molar-refractivity contribution in [3.05, 3.63) is 29.8 Å². The molecule has 0 spiro atoms. The van der Waals surface area contributed by atoms with E-state index in [1.165, 1.54) is 0 Å². The molecule has 1 N–H and O–H groups in total. The van der Waals surface area contributed by atoms with E-state index in [0.29, 0.717) is 5.56 Å². The van der Waals surface area contributed by atoms with E-state index in [0.717, 1.165) is 25.1 Å². The van der Waals surface area contributed by atoms with Crippen LogP contribution >= 0.6 is 0 Å². The van der Waals surface area contributed by atoms with Crippen LogP contribution in [0, 0.1) is 0 Å². The number of amides is 1. The van der Waals surface area contributed by atoms with Gasteiger partial charge in [0, 0.05) is 12.1 Å². The van der Waals surface area contributed by atoms with Crippen LogP contribution in [0.25, 0.3) is 0 Å². The first-order valence-electron chi connectivity index (χ1n) is 5.20. The molecule has 1 aromatic carbocycles. The average Bonchev–Trinajstić information content (AvgIpc) is 2.29. The summed E-state index contributed by atoms with van der Waals surface area (Å²) in [5.74, 6) is 0.742. The molecule has 82 valence electrons. The third kappa shape index (κ3) is 3.62. The van der Waals surface area contributed by atoms with E-state index in [9.17, 15) is 4.79 Å². The largest absolute Gasteiger partial charge is 0.497 e. The summed E-state index contributed by atoms with van der Waals surface area (Å²) in [7, 11) is 1.61. The Bertz CT molecular complexity index is 306. The lowest BCUT2D eigenvalue weighted by Crippen LogP contribution is -2.24. The molecule has 1 rings (SSSR count). The molecule has 0 aliphatic carbocycles. The summed E-state index contributed by atoms with van der Waals surface area (Å²) < 4.78 is 5.02. The standard InChI is InChI=1S/C12H17NO2/c1-3-4-9-13-12(14)10-5-7-11(15-2)8-6-10/h5-8H,3-4,9H2,1-2H3,(H,13,14). The van der Waals surface area contributed by atoms with Gasteiger partial charge in [-0.2, -0.15) is 0 Å². The number of carbonyl (C=O) groups is 1. The highest BCUT2D eigenvalue weighted by molar-refractivity contribution is 5.94. The molecule has 0 bridgehead atoms. The van der Waals surface area contributed by atoms with Gasteiger partial charge in [0.25, 0.3) is 5.91 Å². The van der Waals surface area contributed by atoms with Crippen LogP contribution < -0.4 is 10.1 Å². The van der Waals surface area contributed by atoms with Gasteiger partial charge >= 0.3 is 0 Å². The van der Waals surface area contributed by atoms with E-state index in [2.05, 4.69) is 12.2 Å². The first kappa shape index (κ1) is 11.6. The monoisotopic (exact) mass is 207 g/mol. The van der Waals surface area contributed by atoms with E-state index in [4.69, 9.17) is 4.74 Å². The highest BCUT2D eigenvalue weighted by Crippen LogP contribution is 2.10. The fourth-order valence-electron chi connectivity index (χ4n) is 1.22. The second-order valence-electron chi connectivity index (χ2n) is 3.34. The van der Waals surface area contributed by atoms with Crippen molar-refractivity contribution in [1.82, 2.24) is 5.32 Å². The van der Waals surface area contributed by atoms with Gasteiger partial charge < -0.3 is 10.1 Å². The number of rotatable bonds is 5. The number of unbranched alkanes of at least 4 members (excludes halogenated alkanes) is 1. The quantitative estimate of drug-likeness (QED) is 0.752. The molecule has 0 aliphatic rings. The zero-order chi connectivity index (χ0) is 11.1. The molecule has 3 heteroatoms. The van der Waals surface area contributed by atoms with Gasteiger partial charge in [0.15, 0.2) is 0 Å². The lowest BCUT2D eigenvalue weighted by atomic mass is 10.2. The van der Waals surface area contributed by atoms with Crippen molar-refractivity contribution in [3.63, 3.8) is 0 Å². The number of carbonyl (C=O) groups excluding carboxylic acids is 1. The lowest BCUT2D eigenvalue weighted by Gasteiger charge is -2.04. The molecule has 0 fully saturated rings. The van der Waals surface area contributed by atoms with Crippen molar-refractivity contribution in [2.24, 2.45) is 0 Å². The third-order valence-electron chi connectivity index (χ3n) is 2.17. The summed E-state index contributed by atoms with van der Waals surface area (Å²) in [6.07, 6.45) is 2.10. The summed E-state index contributed by atoms with van der Waals surface area (Å²) in [5.41, 5.74) is 0.673. The van der Waals surface area contributed by atoms with Gasteiger partial charge in [-0.05, 0) is 30.7 Å². The molecule has 0 saturated heterocycles. The number of benzene rings is 1. The molecule has 1 aromatic rings. The van der Waals surface area contributed by atoms with Crippen LogP contribution in [-0.2, 0) is 0 Å². The van der Waals surface area contributed by atoms with Crippen molar-refractivity contribution in [2.75, 3.05) is 13.7 Å². The predicted octanol–water partition coefficient (Wildman–Crippen LogP) is 2.23. The van der Waals surface area contributed by atoms with Gasteiger partial charge in [0.1, 0.15) is 5.75 Å². The summed E-state index contributed by atoms with van der Waals surface area (Å²) in [6.45, 7) is 2.83. The van der Waals surface area contributed by atoms with Crippen molar-refractivity contribution in [3.8, 4) is 5.75 Å². The number of hydrogen-bond acceptors (Lipinski definition) is 2. The Hall–Kier alpha value is -1.51. The van der Waals surface area contributed by atoms with Crippen molar-refractivity contribution < 1.29 is 9.53 Å². The van der Waals surface area contributed by atoms with E-state index in [1.807, 2.05) is 0 Å². The van der Waals surface area contributed by atoms with E-state index < -0.39 is 0 Å². The maximum atomic E-state index is 11.6. The van der Waals surface area contributed by atoms with E-state index >= 15 is 0 Å². The molecule has 0 aliphatic heterocycles. The minimum atomic E-state index is -0.0221. The number of methoxy groups -OCH3 is 1. The summed E-state index contributed by atoms with van der Waals surface area (Å²) in [4.78, 5) is 11.6. The summed E-state index contributed by atoms with van der Waals surface area (Å²) in [5, 5.41) is 2.86. The summed E-state index contributed by atoms with van der Waals surface area (Å²) in [6, 6.07) is 7.10. The Morgan fingerprint density at radius 3 is 2.53 bits per heavy atom. The topological polar surface area (TPSA) is 38.3 Å². The number of hydrogen-bond donors (Lipinski definition) is 1. The number of ether oxygens (including phenoxy) is 1. The van der Waals surface area contributed by atoms with E-state index in [1.54, 1.807) is 31.4 Å². The second kappa shape index (κ2) is 6.06. The Morgan fingerprint density at radius 1 is 1.33 bits per heavy atom. The first-order valence-corrected chi connectivity index (χ1v) is 5.20. The van der Waals surface area contributed by atoms with Crippen molar-refractivity contribution in [1.29, 1.82) is 0 Å². The SMILES string of the molecule is CCCCNC(=O)c1ccc(OC)cc1. The van der Waals surface area contributed by atoms with Crippen LogP contribution in [0.15, 0.2) is 24.3 Å². The van der Waals surface area contributed by atoms with Crippen LogP contribution in [0.4, 0.5) is 0 Å². The highest BCUT2D eigenvalue weighted by Gasteiger charge is 2.03. The molecule has 0 saturated carbocycles. The zero-order valence-electron chi connectivity index (χ0n) is 9.25. The first-order chi connectivity index (χ1) is 7.27. The van der Waals surface area contributed by atoms with Crippen LogP contribution in [0.5, 0.6) is 5.75 Å². The molecule has 0 heterocycles. The van der Waals surface area contributed by atoms with E-state index in [-0.39, 0.29) is 5.91 Å². The Balaban J connectivity index is 2.50. The second-order valence-corrected chi connectivity index (χ2v) is 3.34. The molecule has 3 nitrogen and oxygen atoms in total.